The van der Waals surface area contributed by atoms with Gasteiger partial charge in [-0.1, -0.05) is 6.07 Å². The van der Waals surface area contributed by atoms with E-state index in [4.69, 9.17) is 5.73 Å². The zero-order chi connectivity index (χ0) is 13.1. The summed E-state index contributed by atoms with van der Waals surface area (Å²) in [6.07, 6.45) is 2.83. The average molecular weight is 243 g/mol. The maximum Gasteiger partial charge on any atom is 0.261 e. The zero-order valence-electron chi connectivity index (χ0n) is 9.86. The monoisotopic (exact) mass is 243 g/mol. The molecule has 0 atom stereocenters. The van der Waals surface area contributed by atoms with Crippen molar-refractivity contribution >= 4 is 17.3 Å². The molecule has 0 spiro atoms. The maximum absolute atomic E-state index is 11.9. The summed E-state index contributed by atoms with van der Waals surface area (Å²) >= 11 is 0. The number of carbonyl (C=O) groups excluding carboxylic acids is 1. The summed E-state index contributed by atoms with van der Waals surface area (Å²) in [5.74, 6) is -0.479. The number of hydrogen-bond donors (Lipinski definition) is 3. The van der Waals surface area contributed by atoms with Crippen molar-refractivity contribution in [2.24, 2.45) is 0 Å². The van der Waals surface area contributed by atoms with Crippen LogP contribution in [0.15, 0.2) is 41.5 Å². The fraction of sp³-hybridized carbons (Fsp3) is 0.0769. The van der Waals surface area contributed by atoms with Crippen LogP contribution in [0, 0.1) is 6.92 Å². The molecule has 1 amide bonds. The van der Waals surface area contributed by atoms with Gasteiger partial charge in [-0.05, 0) is 24.6 Å². The Morgan fingerprint density at radius 2 is 2.11 bits per heavy atom. The first-order valence-electron chi connectivity index (χ1n) is 5.42. The lowest BCUT2D eigenvalue weighted by molar-refractivity contribution is 0.102. The second-order valence-corrected chi connectivity index (χ2v) is 3.97. The van der Waals surface area contributed by atoms with E-state index in [1.807, 2.05) is 13.0 Å². The molecule has 0 saturated heterocycles. The lowest BCUT2D eigenvalue weighted by Gasteiger charge is -2.08. The number of anilines is 2. The van der Waals surface area contributed by atoms with Gasteiger partial charge in [-0.25, -0.2) is 0 Å². The van der Waals surface area contributed by atoms with E-state index in [0.717, 1.165) is 5.56 Å². The van der Waals surface area contributed by atoms with Gasteiger partial charge in [0.05, 0.1) is 11.4 Å². The third-order valence-electron chi connectivity index (χ3n) is 2.52. The molecule has 0 radical (unpaired) electrons. The van der Waals surface area contributed by atoms with Crippen molar-refractivity contribution in [2.75, 3.05) is 11.1 Å². The summed E-state index contributed by atoms with van der Waals surface area (Å²) < 4.78 is 0. The molecule has 5 nitrogen and oxygen atoms in total. The van der Waals surface area contributed by atoms with Gasteiger partial charge in [0, 0.05) is 18.5 Å². The van der Waals surface area contributed by atoms with E-state index >= 15 is 0 Å². The smallest absolute Gasteiger partial charge is 0.261 e. The first-order chi connectivity index (χ1) is 8.58. The number of aryl methyl sites for hydroxylation is 1. The highest BCUT2D eigenvalue weighted by molar-refractivity contribution is 6.05. The number of aromatic amines is 1. The number of nitrogen functional groups attached to an aromatic ring is 1. The number of nitrogens with two attached hydrogens (primary N) is 1. The summed E-state index contributed by atoms with van der Waals surface area (Å²) in [6.45, 7) is 1.91. The number of pyridine rings is 1. The van der Waals surface area contributed by atoms with E-state index in [1.165, 1.54) is 18.5 Å². The normalized spacial score (nSPS) is 10.1. The topological polar surface area (TPSA) is 88.0 Å². The Kier molecular flexibility index (Phi) is 3.14. The number of benzene rings is 1. The van der Waals surface area contributed by atoms with Crippen LogP contribution in [0.2, 0.25) is 0 Å². The predicted octanol–water partition coefficient (Wildman–Crippen LogP) is 1.52. The number of amides is 1. The van der Waals surface area contributed by atoms with Crippen molar-refractivity contribution < 1.29 is 4.79 Å². The number of rotatable bonds is 2. The average Bonchev–Trinajstić information content (AvgIpc) is 2.33. The van der Waals surface area contributed by atoms with Crippen molar-refractivity contribution in [1.82, 2.24) is 4.98 Å². The van der Waals surface area contributed by atoms with Crippen LogP contribution < -0.4 is 16.5 Å². The van der Waals surface area contributed by atoms with Gasteiger partial charge in [0.1, 0.15) is 5.56 Å². The molecule has 2 rings (SSSR count). The lowest BCUT2D eigenvalue weighted by atomic mass is 10.2. The number of H-pyrrole nitrogens is 1. The predicted molar refractivity (Wildman–Crippen MR) is 70.6 cm³/mol. The van der Waals surface area contributed by atoms with Crippen LogP contribution in [-0.2, 0) is 0 Å². The van der Waals surface area contributed by atoms with Crippen LogP contribution in [0.4, 0.5) is 11.4 Å². The van der Waals surface area contributed by atoms with Crippen LogP contribution in [0.3, 0.4) is 0 Å². The molecule has 0 aliphatic heterocycles. The standard InChI is InChI=1S/C13H13N3O2/c1-8-2-3-11(10(14)6-8)16-13(18)9-7-15-5-4-12(9)17/h2-7H,14H2,1H3,(H,15,17)(H,16,18). The van der Waals surface area contributed by atoms with E-state index in [9.17, 15) is 9.59 Å². The molecule has 0 aliphatic carbocycles. The Balaban J connectivity index is 2.27. The molecule has 2 aromatic rings. The molecule has 0 fully saturated rings. The van der Waals surface area contributed by atoms with Crippen molar-refractivity contribution in [3.63, 3.8) is 0 Å². The van der Waals surface area contributed by atoms with Crippen LogP contribution in [0.1, 0.15) is 15.9 Å². The van der Waals surface area contributed by atoms with Gasteiger partial charge < -0.3 is 16.0 Å². The van der Waals surface area contributed by atoms with Gasteiger partial charge in [0.2, 0.25) is 0 Å². The molecule has 5 heteroatoms. The molecule has 1 heterocycles. The molecule has 92 valence electrons. The van der Waals surface area contributed by atoms with Crippen LogP contribution in [-0.4, -0.2) is 10.9 Å². The van der Waals surface area contributed by atoms with Crippen molar-refractivity contribution in [3.8, 4) is 0 Å². The third kappa shape index (κ3) is 2.40. The van der Waals surface area contributed by atoms with E-state index in [2.05, 4.69) is 10.3 Å². The van der Waals surface area contributed by atoms with Gasteiger partial charge in [0.15, 0.2) is 5.43 Å². The quantitative estimate of drug-likeness (QED) is 0.699. The Morgan fingerprint density at radius 3 is 2.78 bits per heavy atom. The minimum Gasteiger partial charge on any atom is -0.397 e. The molecule has 0 aliphatic rings. The van der Waals surface area contributed by atoms with Gasteiger partial charge in [-0.15, -0.1) is 0 Å². The van der Waals surface area contributed by atoms with Crippen molar-refractivity contribution in [3.05, 3.63) is 58.0 Å². The summed E-state index contributed by atoms with van der Waals surface area (Å²) in [5.41, 5.74) is 7.47. The highest BCUT2D eigenvalue weighted by Crippen LogP contribution is 2.19. The van der Waals surface area contributed by atoms with Crippen LogP contribution in [0.25, 0.3) is 0 Å². The first kappa shape index (κ1) is 11.9. The van der Waals surface area contributed by atoms with E-state index in [-0.39, 0.29) is 11.0 Å². The Bertz CT molecular complexity index is 647. The van der Waals surface area contributed by atoms with E-state index in [1.54, 1.807) is 12.1 Å². The summed E-state index contributed by atoms with van der Waals surface area (Å²) in [6, 6.07) is 6.60. The van der Waals surface area contributed by atoms with Crippen molar-refractivity contribution in [2.45, 2.75) is 6.92 Å². The number of aromatic nitrogens is 1. The molecule has 1 aromatic heterocycles. The molecule has 1 aromatic carbocycles. The van der Waals surface area contributed by atoms with Crippen LogP contribution >= 0.6 is 0 Å². The number of carbonyl (C=O) groups is 1. The fourth-order valence-electron chi connectivity index (χ4n) is 1.58. The summed E-state index contributed by atoms with van der Waals surface area (Å²) in [7, 11) is 0. The highest BCUT2D eigenvalue weighted by atomic mass is 16.2. The zero-order valence-corrected chi connectivity index (χ0v) is 9.86. The maximum atomic E-state index is 11.9. The molecular formula is C13H13N3O2. The van der Waals surface area contributed by atoms with Gasteiger partial charge in [-0.3, -0.25) is 9.59 Å². The van der Waals surface area contributed by atoms with E-state index in [0.29, 0.717) is 11.4 Å². The first-order valence-corrected chi connectivity index (χ1v) is 5.42. The summed E-state index contributed by atoms with van der Waals surface area (Å²) in [5, 5.41) is 2.61. The highest BCUT2D eigenvalue weighted by Gasteiger charge is 2.10. The molecule has 0 unspecified atom stereocenters. The minimum absolute atomic E-state index is 0.0532. The van der Waals surface area contributed by atoms with Gasteiger partial charge in [0.25, 0.3) is 5.91 Å². The molecule has 0 saturated carbocycles. The second-order valence-electron chi connectivity index (χ2n) is 3.97. The molecule has 4 N–H and O–H groups in total. The molecule has 0 bridgehead atoms. The minimum atomic E-state index is -0.479. The fourth-order valence-corrected chi connectivity index (χ4v) is 1.58. The van der Waals surface area contributed by atoms with Gasteiger partial charge >= 0.3 is 0 Å². The largest absolute Gasteiger partial charge is 0.397 e. The Labute approximate surface area is 104 Å². The number of hydrogen-bond acceptors (Lipinski definition) is 3. The molecular weight excluding hydrogens is 230 g/mol. The number of nitrogens with one attached hydrogen (secondary N) is 2. The van der Waals surface area contributed by atoms with Crippen molar-refractivity contribution in [1.29, 1.82) is 0 Å². The third-order valence-corrected chi connectivity index (χ3v) is 2.52. The SMILES string of the molecule is Cc1ccc(NC(=O)c2c[nH]ccc2=O)c(N)c1. The van der Waals surface area contributed by atoms with Gasteiger partial charge in [-0.2, -0.15) is 0 Å². The molecule has 18 heavy (non-hydrogen) atoms. The second kappa shape index (κ2) is 4.75. The summed E-state index contributed by atoms with van der Waals surface area (Å²) in [4.78, 5) is 26.1. The Morgan fingerprint density at radius 1 is 1.33 bits per heavy atom. The van der Waals surface area contributed by atoms with E-state index < -0.39 is 5.91 Å². The Hall–Kier alpha value is -2.56. The van der Waals surface area contributed by atoms with Crippen LogP contribution in [0.5, 0.6) is 0 Å². The lowest BCUT2D eigenvalue weighted by Crippen LogP contribution is -2.21.